The number of benzene rings is 1. The van der Waals surface area contributed by atoms with Crippen LogP contribution in [-0.4, -0.2) is 20.2 Å². The van der Waals surface area contributed by atoms with Gasteiger partial charge in [-0.25, -0.2) is 4.68 Å². The van der Waals surface area contributed by atoms with Crippen molar-refractivity contribution in [3.63, 3.8) is 0 Å². The molecule has 1 aliphatic carbocycles. The van der Waals surface area contributed by atoms with Crippen LogP contribution in [0.2, 0.25) is 5.02 Å². The average Bonchev–Trinajstić information content (AvgIpc) is 2.89. The van der Waals surface area contributed by atoms with Crippen LogP contribution in [0.1, 0.15) is 39.0 Å². The summed E-state index contributed by atoms with van der Waals surface area (Å²) < 4.78 is 1.87. The second-order valence-electron chi connectivity index (χ2n) is 6.27. The Balaban J connectivity index is 1.92. The Hall–Kier alpha value is -1.62. The van der Waals surface area contributed by atoms with E-state index in [1.54, 1.807) is 12.1 Å². The predicted octanol–water partition coefficient (Wildman–Crippen LogP) is 3.55. The molecule has 0 atom stereocenters. The van der Waals surface area contributed by atoms with Gasteiger partial charge in [0.15, 0.2) is 5.82 Å². The lowest BCUT2D eigenvalue weighted by Crippen LogP contribution is -2.27. The minimum absolute atomic E-state index is 0.259. The van der Waals surface area contributed by atoms with Crippen molar-refractivity contribution in [3.8, 4) is 11.4 Å². The summed E-state index contributed by atoms with van der Waals surface area (Å²) in [4.78, 5) is 0. The molecular weight excluding hydrogens is 286 g/mol. The minimum Gasteiger partial charge on any atom is -0.399 e. The molecule has 21 heavy (non-hydrogen) atoms. The quantitative estimate of drug-likeness (QED) is 0.880. The van der Waals surface area contributed by atoms with Crippen LogP contribution in [0.3, 0.4) is 0 Å². The highest BCUT2D eigenvalue weighted by Crippen LogP contribution is 2.38. The predicted molar refractivity (Wildman–Crippen MR) is 83.9 cm³/mol. The van der Waals surface area contributed by atoms with E-state index in [0.29, 0.717) is 16.5 Å². The van der Waals surface area contributed by atoms with Crippen molar-refractivity contribution in [2.75, 3.05) is 5.73 Å². The molecule has 0 saturated heterocycles. The second kappa shape index (κ2) is 5.64. The van der Waals surface area contributed by atoms with Crippen LogP contribution in [0.15, 0.2) is 18.2 Å². The van der Waals surface area contributed by atoms with E-state index in [1.165, 1.54) is 32.1 Å². The van der Waals surface area contributed by atoms with Crippen LogP contribution in [0.4, 0.5) is 5.69 Å². The summed E-state index contributed by atoms with van der Waals surface area (Å²) >= 11 is 6.27. The van der Waals surface area contributed by atoms with Gasteiger partial charge in [0.25, 0.3) is 0 Å². The number of halogens is 1. The van der Waals surface area contributed by atoms with Crippen LogP contribution in [0, 0.1) is 5.41 Å². The summed E-state index contributed by atoms with van der Waals surface area (Å²) in [6.45, 7) is 3.14. The molecular formula is C15H20ClN5. The molecule has 0 radical (unpaired) electrons. The van der Waals surface area contributed by atoms with Crippen LogP contribution in [0.5, 0.6) is 0 Å². The fourth-order valence-corrected chi connectivity index (χ4v) is 3.35. The first-order chi connectivity index (χ1) is 10.1. The van der Waals surface area contributed by atoms with E-state index >= 15 is 0 Å². The van der Waals surface area contributed by atoms with Gasteiger partial charge in [0, 0.05) is 11.3 Å². The average molecular weight is 306 g/mol. The molecule has 112 valence electrons. The molecule has 0 amide bonds. The highest BCUT2D eigenvalue weighted by atomic mass is 35.5. The molecule has 2 aromatic rings. The Labute approximate surface area is 129 Å². The van der Waals surface area contributed by atoms with E-state index in [4.69, 9.17) is 17.3 Å². The largest absolute Gasteiger partial charge is 0.399 e. The lowest BCUT2D eigenvalue weighted by molar-refractivity contribution is 0.175. The van der Waals surface area contributed by atoms with E-state index in [0.717, 1.165) is 12.1 Å². The highest BCUT2D eigenvalue weighted by Gasteiger charge is 2.29. The topological polar surface area (TPSA) is 69.6 Å². The summed E-state index contributed by atoms with van der Waals surface area (Å²) in [6, 6.07) is 5.39. The van der Waals surface area contributed by atoms with Gasteiger partial charge in [0.1, 0.15) is 0 Å². The normalized spacial score (nSPS) is 17.8. The van der Waals surface area contributed by atoms with Gasteiger partial charge in [-0.05, 0) is 46.9 Å². The summed E-state index contributed by atoms with van der Waals surface area (Å²) in [5.41, 5.74) is 7.57. The van der Waals surface area contributed by atoms with E-state index < -0.39 is 0 Å². The number of nitrogen functional groups attached to an aromatic ring is 1. The van der Waals surface area contributed by atoms with Gasteiger partial charge in [0.05, 0.1) is 11.6 Å². The first-order valence-corrected chi connectivity index (χ1v) is 7.77. The van der Waals surface area contributed by atoms with Gasteiger partial charge in [-0.3, -0.25) is 0 Å². The van der Waals surface area contributed by atoms with Gasteiger partial charge >= 0.3 is 0 Å². The number of rotatable bonds is 3. The Morgan fingerprint density at radius 3 is 2.81 bits per heavy atom. The first kappa shape index (κ1) is 14.3. The van der Waals surface area contributed by atoms with Crippen LogP contribution >= 0.6 is 11.6 Å². The highest BCUT2D eigenvalue weighted by molar-refractivity contribution is 6.33. The molecule has 1 aliphatic rings. The third-order valence-electron chi connectivity index (χ3n) is 4.36. The lowest BCUT2D eigenvalue weighted by atomic mass is 9.76. The maximum Gasteiger partial charge on any atom is 0.183 e. The standard InChI is InChI=1S/C15H20ClN5/c1-15(7-3-2-4-8-15)10-21-14(18-19-20-21)12-9-11(17)5-6-13(12)16/h5-6,9H,2-4,7-8,10,17H2,1H3. The van der Waals surface area contributed by atoms with E-state index in [-0.39, 0.29) is 5.41 Å². The van der Waals surface area contributed by atoms with Crippen molar-refractivity contribution < 1.29 is 0 Å². The van der Waals surface area contributed by atoms with Gasteiger partial charge in [-0.15, -0.1) is 5.10 Å². The molecule has 0 bridgehead atoms. The SMILES string of the molecule is CC1(Cn2nnnc2-c2cc(N)ccc2Cl)CCCCC1. The smallest absolute Gasteiger partial charge is 0.183 e. The Bertz CT molecular complexity index is 631. The molecule has 0 unspecified atom stereocenters. The summed E-state index contributed by atoms with van der Waals surface area (Å²) in [5.74, 6) is 0.694. The molecule has 0 aliphatic heterocycles. The number of hydrogen-bond donors (Lipinski definition) is 1. The van der Waals surface area contributed by atoms with Crippen LogP contribution in [-0.2, 0) is 6.54 Å². The minimum atomic E-state index is 0.259. The Morgan fingerprint density at radius 1 is 1.29 bits per heavy atom. The zero-order chi connectivity index (χ0) is 14.9. The zero-order valence-corrected chi connectivity index (χ0v) is 13.0. The molecule has 1 fully saturated rings. The van der Waals surface area contributed by atoms with Crippen molar-refractivity contribution in [1.29, 1.82) is 0 Å². The molecule has 6 heteroatoms. The van der Waals surface area contributed by atoms with E-state index in [1.807, 2.05) is 10.7 Å². The number of aromatic nitrogens is 4. The van der Waals surface area contributed by atoms with Crippen molar-refractivity contribution in [1.82, 2.24) is 20.2 Å². The van der Waals surface area contributed by atoms with Gasteiger partial charge in [0.2, 0.25) is 0 Å². The lowest BCUT2D eigenvalue weighted by Gasteiger charge is -2.33. The number of nitrogens with two attached hydrogens (primary N) is 1. The number of anilines is 1. The van der Waals surface area contributed by atoms with Crippen molar-refractivity contribution in [2.24, 2.45) is 5.41 Å². The van der Waals surface area contributed by atoms with Gasteiger partial charge < -0.3 is 5.73 Å². The third kappa shape index (κ3) is 3.02. The fourth-order valence-electron chi connectivity index (χ4n) is 3.14. The van der Waals surface area contributed by atoms with Crippen molar-refractivity contribution in [3.05, 3.63) is 23.2 Å². The van der Waals surface area contributed by atoms with E-state index in [9.17, 15) is 0 Å². The first-order valence-electron chi connectivity index (χ1n) is 7.39. The number of hydrogen-bond acceptors (Lipinski definition) is 4. The zero-order valence-electron chi connectivity index (χ0n) is 12.2. The van der Waals surface area contributed by atoms with Crippen LogP contribution in [0.25, 0.3) is 11.4 Å². The summed E-state index contributed by atoms with van der Waals surface area (Å²) in [6.07, 6.45) is 6.34. The summed E-state index contributed by atoms with van der Waals surface area (Å²) in [7, 11) is 0. The third-order valence-corrected chi connectivity index (χ3v) is 4.68. The Morgan fingerprint density at radius 2 is 2.05 bits per heavy atom. The van der Waals surface area contributed by atoms with Crippen LogP contribution < -0.4 is 5.73 Å². The molecule has 1 aromatic carbocycles. The van der Waals surface area contributed by atoms with Crippen molar-refractivity contribution in [2.45, 2.75) is 45.6 Å². The molecule has 2 N–H and O–H groups in total. The molecule has 3 rings (SSSR count). The van der Waals surface area contributed by atoms with Gasteiger partial charge in [-0.2, -0.15) is 0 Å². The molecule has 0 spiro atoms. The second-order valence-corrected chi connectivity index (χ2v) is 6.68. The van der Waals surface area contributed by atoms with Gasteiger partial charge in [-0.1, -0.05) is 37.8 Å². The monoisotopic (exact) mass is 305 g/mol. The maximum atomic E-state index is 6.27. The maximum absolute atomic E-state index is 6.27. The molecule has 1 saturated carbocycles. The number of tetrazole rings is 1. The Kier molecular flexibility index (Phi) is 3.85. The van der Waals surface area contributed by atoms with Crippen molar-refractivity contribution >= 4 is 17.3 Å². The van der Waals surface area contributed by atoms with E-state index in [2.05, 4.69) is 22.4 Å². The summed E-state index contributed by atoms with van der Waals surface area (Å²) in [5, 5.41) is 12.8. The number of nitrogens with zero attached hydrogens (tertiary/aromatic N) is 4. The molecule has 1 heterocycles. The molecule has 5 nitrogen and oxygen atoms in total. The molecule has 1 aromatic heterocycles. The fraction of sp³-hybridized carbons (Fsp3) is 0.533.